The zero-order valence-electron chi connectivity index (χ0n) is 12.3. The van der Waals surface area contributed by atoms with Crippen LogP contribution in [-0.2, 0) is 6.54 Å². The van der Waals surface area contributed by atoms with Crippen molar-refractivity contribution >= 4 is 17.6 Å². The number of carbonyl (C=O) groups excluding carboxylic acids is 1. The van der Waals surface area contributed by atoms with Crippen molar-refractivity contribution in [2.45, 2.75) is 6.54 Å². The van der Waals surface area contributed by atoms with Gasteiger partial charge in [0, 0.05) is 31.0 Å². The minimum Gasteiger partial charge on any atom is -0.492 e. The number of nitrogens with zero attached hydrogens (tertiary/aromatic N) is 2. The van der Waals surface area contributed by atoms with E-state index in [0.717, 1.165) is 5.56 Å². The van der Waals surface area contributed by atoms with E-state index >= 15 is 0 Å². The quantitative estimate of drug-likeness (QED) is 0.890. The van der Waals surface area contributed by atoms with Crippen molar-refractivity contribution in [1.82, 2.24) is 15.2 Å². The number of nitrogens with one attached hydrogen (secondary N) is 1. The van der Waals surface area contributed by atoms with Gasteiger partial charge in [0.25, 0.3) is 0 Å². The van der Waals surface area contributed by atoms with Crippen LogP contribution in [0.5, 0.6) is 5.75 Å². The van der Waals surface area contributed by atoms with Gasteiger partial charge in [-0.05, 0) is 35.9 Å². The minimum absolute atomic E-state index is 0.147. The Morgan fingerprint density at radius 1 is 1.32 bits per heavy atom. The number of hydrogen-bond donors (Lipinski definition) is 1. The molecule has 5 nitrogen and oxygen atoms in total. The van der Waals surface area contributed by atoms with Crippen molar-refractivity contribution in [1.29, 1.82) is 0 Å². The van der Waals surface area contributed by atoms with Crippen molar-refractivity contribution in [2.75, 3.05) is 20.2 Å². The Balaban J connectivity index is 1.70. The molecule has 22 heavy (non-hydrogen) atoms. The van der Waals surface area contributed by atoms with Crippen LogP contribution >= 0.6 is 11.6 Å². The van der Waals surface area contributed by atoms with Crippen LogP contribution in [0.2, 0.25) is 5.02 Å². The SMILES string of the molecule is CN(CCOc1cccc(Cl)c1)C(=O)NCc1ccncc1. The molecule has 116 valence electrons. The van der Waals surface area contributed by atoms with E-state index in [1.165, 1.54) is 0 Å². The third-order valence-corrected chi connectivity index (χ3v) is 3.27. The molecule has 1 N–H and O–H groups in total. The van der Waals surface area contributed by atoms with Gasteiger partial charge in [0.15, 0.2) is 0 Å². The fourth-order valence-electron chi connectivity index (χ4n) is 1.77. The first-order valence-electron chi connectivity index (χ1n) is 6.91. The molecule has 2 rings (SSSR count). The molecule has 6 heteroatoms. The molecule has 0 aliphatic heterocycles. The van der Waals surface area contributed by atoms with Gasteiger partial charge in [0.2, 0.25) is 0 Å². The van der Waals surface area contributed by atoms with E-state index in [0.29, 0.717) is 30.5 Å². The van der Waals surface area contributed by atoms with Crippen LogP contribution in [0.1, 0.15) is 5.56 Å². The van der Waals surface area contributed by atoms with Crippen LogP contribution in [0, 0.1) is 0 Å². The molecule has 0 bridgehead atoms. The summed E-state index contributed by atoms with van der Waals surface area (Å²) in [5, 5.41) is 3.46. The van der Waals surface area contributed by atoms with Crippen LogP contribution in [0.4, 0.5) is 4.79 Å². The first-order valence-corrected chi connectivity index (χ1v) is 7.29. The maximum absolute atomic E-state index is 11.9. The number of urea groups is 1. The van der Waals surface area contributed by atoms with E-state index in [9.17, 15) is 4.79 Å². The monoisotopic (exact) mass is 319 g/mol. The molecular formula is C16H18ClN3O2. The lowest BCUT2D eigenvalue weighted by atomic mass is 10.3. The predicted octanol–water partition coefficient (Wildman–Crippen LogP) is 2.96. The molecule has 0 aliphatic rings. The zero-order valence-corrected chi connectivity index (χ0v) is 13.1. The molecule has 0 atom stereocenters. The summed E-state index contributed by atoms with van der Waals surface area (Å²) in [7, 11) is 1.73. The van der Waals surface area contributed by atoms with E-state index < -0.39 is 0 Å². The van der Waals surface area contributed by atoms with Gasteiger partial charge < -0.3 is 15.0 Å². The average Bonchev–Trinajstić information content (AvgIpc) is 2.53. The largest absolute Gasteiger partial charge is 0.492 e. The molecule has 0 aliphatic carbocycles. The van der Waals surface area contributed by atoms with Gasteiger partial charge in [0.1, 0.15) is 12.4 Å². The van der Waals surface area contributed by atoms with Gasteiger partial charge in [-0.25, -0.2) is 4.79 Å². The molecule has 1 aromatic carbocycles. The lowest BCUT2D eigenvalue weighted by Gasteiger charge is -2.18. The highest BCUT2D eigenvalue weighted by atomic mass is 35.5. The van der Waals surface area contributed by atoms with Gasteiger partial charge in [-0.3, -0.25) is 4.98 Å². The summed E-state index contributed by atoms with van der Waals surface area (Å²) < 4.78 is 5.56. The number of halogens is 1. The molecule has 0 fully saturated rings. The number of likely N-dealkylation sites (N-methyl/N-ethyl adjacent to an activating group) is 1. The Morgan fingerprint density at radius 3 is 2.82 bits per heavy atom. The summed E-state index contributed by atoms with van der Waals surface area (Å²) in [6.45, 7) is 1.36. The Morgan fingerprint density at radius 2 is 2.09 bits per heavy atom. The van der Waals surface area contributed by atoms with Gasteiger partial charge in [-0.2, -0.15) is 0 Å². The zero-order chi connectivity index (χ0) is 15.8. The number of ether oxygens (including phenoxy) is 1. The highest BCUT2D eigenvalue weighted by Crippen LogP contribution is 2.16. The van der Waals surface area contributed by atoms with Crippen LogP contribution in [0.3, 0.4) is 0 Å². The maximum Gasteiger partial charge on any atom is 0.317 e. The summed E-state index contributed by atoms with van der Waals surface area (Å²) >= 11 is 5.88. The first-order chi connectivity index (χ1) is 10.6. The highest BCUT2D eigenvalue weighted by molar-refractivity contribution is 6.30. The molecule has 1 heterocycles. The summed E-state index contributed by atoms with van der Waals surface area (Å²) in [6, 6.07) is 10.8. The van der Waals surface area contributed by atoms with E-state index in [1.807, 2.05) is 24.3 Å². The van der Waals surface area contributed by atoms with Crippen LogP contribution in [-0.4, -0.2) is 36.1 Å². The molecule has 0 radical (unpaired) electrons. The van der Waals surface area contributed by atoms with Crippen LogP contribution in [0.25, 0.3) is 0 Å². The highest BCUT2D eigenvalue weighted by Gasteiger charge is 2.08. The fourth-order valence-corrected chi connectivity index (χ4v) is 1.95. The standard InChI is InChI=1S/C16H18ClN3O2/c1-20(9-10-22-15-4-2-3-14(17)11-15)16(21)19-12-13-5-7-18-8-6-13/h2-8,11H,9-10,12H2,1H3,(H,19,21). The number of pyridine rings is 1. The summed E-state index contributed by atoms with van der Waals surface area (Å²) in [4.78, 5) is 17.4. The number of carbonyl (C=O) groups is 1. The summed E-state index contributed by atoms with van der Waals surface area (Å²) in [6.07, 6.45) is 3.40. The molecule has 0 saturated carbocycles. The maximum atomic E-state index is 11.9. The predicted molar refractivity (Wildman–Crippen MR) is 86.0 cm³/mol. The second-order valence-electron chi connectivity index (χ2n) is 4.74. The number of aromatic nitrogens is 1. The van der Waals surface area contributed by atoms with Gasteiger partial charge in [0.05, 0.1) is 6.54 Å². The van der Waals surface area contributed by atoms with E-state index in [1.54, 1.807) is 36.5 Å². The average molecular weight is 320 g/mol. The summed E-state index contributed by atoms with van der Waals surface area (Å²) in [5.41, 5.74) is 1.01. The summed E-state index contributed by atoms with van der Waals surface area (Å²) in [5.74, 6) is 0.693. The lowest BCUT2D eigenvalue weighted by molar-refractivity contribution is 0.195. The molecule has 0 unspecified atom stereocenters. The topological polar surface area (TPSA) is 54.5 Å². The van der Waals surface area contributed by atoms with Crippen LogP contribution < -0.4 is 10.1 Å². The van der Waals surface area contributed by atoms with E-state index in [-0.39, 0.29) is 6.03 Å². The molecule has 2 aromatic rings. The Bertz CT molecular complexity index is 607. The van der Waals surface area contributed by atoms with E-state index in [4.69, 9.17) is 16.3 Å². The Hall–Kier alpha value is -2.27. The molecule has 2 amide bonds. The van der Waals surface area contributed by atoms with Gasteiger partial charge >= 0.3 is 6.03 Å². The first kappa shape index (κ1) is 16.1. The van der Waals surface area contributed by atoms with Crippen molar-refractivity contribution in [3.8, 4) is 5.75 Å². The normalized spacial score (nSPS) is 10.1. The molecule has 0 spiro atoms. The van der Waals surface area contributed by atoms with Crippen LogP contribution in [0.15, 0.2) is 48.8 Å². The second kappa shape index (κ2) is 8.24. The number of benzene rings is 1. The Kier molecular flexibility index (Phi) is 6.03. The smallest absolute Gasteiger partial charge is 0.317 e. The van der Waals surface area contributed by atoms with Gasteiger partial charge in [-0.1, -0.05) is 17.7 Å². The van der Waals surface area contributed by atoms with Crippen molar-refractivity contribution in [3.63, 3.8) is 0 Å². The second-order valence-corrected chi connectivity index (χ2v) is 5.18. The number of amides is 2. The third kappa shape index (κ3) is 5.26. The van der Waals surface area contributed by atoms with Crippen molar-refractivity contribution < 1.29 is 9.53 Å². The third-order valence-electron chi connectivity index (χ3n) is 3.03. The van der Waals surface area contributed by atoms with Crippen molar-refractivity contribution in [3.05, 3.63) is 59.4 Å². The van der Waals surface area contributed by atoms with Crippen molar-refractivity contribution in [2.24, 2.45) is 0 Å². The minimum atomic E-state index is -0.147. The molecule has 0 saturated heterocycles. The van der Waals surface area contributed by atoms with Gasteiger partial charge in [-0.15, -0.1) is 0 Å². The fraction of sp³-hybridized carbons (Fsp3) is 0.250. The number of rotatable bonds is 6. The van der Waals surface area contributed by atoms with E-state index in [2.05, 4.69) is 10.3 Å². The number of hydrogen-bond acceptors (Lipinski definition) is 3. The lowest BCUT2D eigenvalue weighted by Crippen LogP contribution is -2.39. The Labute approximate surface area is 134 Å². The molecular weight excluding hydrogens is 302 g/mol. The molecule has 1 aromatic heterocycles.